The molecule has 3 nitrogen and oxygen atoms in total. The summed E-state index contributed by atoms with van der Waals surface area (Å²) >= 11 is 0. The van der Waals surface area contributed by atoms with Gasteiger partial charge in [-0.3, -0.25) is 9.78 Å². The van der Waals surface area contributed by atoms with Crippen LogP contribution in [0, 0.1) is 11.3 Å². The summed E-state index contributed by atoms with van der Waals surface area (Å²) in [5.41, 5.74) is 1.82. The fourth-order valence-corrected chi connectivity index (χ4v) is 1.50. The van der Waals surface area contributed by atoms with Crippen molar-refractivity contribution in [3.63, 3.8) is 0 Å². The van der Waals surface area contributed by atoms with E-state index in [1.807, 2.05) is 36.4 Å². The molecule has 0 radical (unpaired) electrons. The summed E-state index contributed by atoms with van der Waals surface area (Å²) in [6, 6.07) is 14.7. The van der Waals surface area contributed by atoms with Crippen molar-refractivity contribution in [2.24, 2.45) is 0 Å². The molecule has 0 saturated heterocycles. The number of nitriles is 1. The minimum atomic E-state index is -0.0410. The van der Waals surface area contributed by atoms with Gasteiger partial charge < -0.3 is 0 Å². The Labute approximate surface area is 99.4 Å². The number of pyridine rings is 1. The number of carbonyl (C=O) groups excluding carboxylic acids is 1. The zero-order chi connectivity index (χ0) is 12.1. The molecular weight excluding hydrogens is 212 g/mol. The lowest BCUT2D eigenvalue weighted by molar-refractivity contribution is 0.0988. The van der Waals surface area contributed by atoms with Gasteiger partial charge in [0.25, 0.3) is 0 Å². The van der Waals surface area contributed by atoms with Crippen LogP contribution in [0.25, 0.3) is 0 Å². The van der Waals surface area contributed by atoms with Crippen molar-refractivity contribution in [2.75, 3.05) is 0 Å². The molecule has 0 atom stereocenters. The van der Waals surface area contributed by atoms with Crippen molar-refractivity contribution >= 4 is 5.78 Å². The number of rotatable bonds is 3. The zero-order valence-electron chi connectivity index (χ0n) is 9.13. The number of nitrogens with zero attached hydrogens (tertiary/aromatic N) is 2. The zero-order valence-corrected chi connectivity index (χ0v) is 9.13. The van der Waals surface area contributed by atoms with E-state index in [4.69, 9.17) is 5.26 Å². The molecule has 0 N–H and O–H groups in total. The molecule has 0 spiro atoms. The van der Waals surface area contributed by atoms with Gasteiger partial charge in [-0.25, -0.2) is 0 Å². The third-order valence-electron chi connectivity index (χ3n) is 2.39. The third-order valence-corrected chi connectivity index (χ3v) is 2.39. The second-order valence-electron chi connectivity index (χ2n) is 3.63. The molecule has 1 heterocycles. The predicted molar refractivity (Wildman–Crippen MR) is 63.4 cm³/mol. The van der Waals surface area contributed by atoms with E-state index in [1.54, 1.807) is 12.1 Å². The van der Waals surface area contributed by atoms with Crippen LogP contribution in [0.2, 0.25) is 0 Å². The van der Waals surface area contributed by atoms with Gasteiger partial charge in [-0.15, -0.1) is 0 Å². The second-order valence-corrected chi connectivity index (χ2v) is 3.63. The van der Waals surface area contributed by atoms with Gasteiger partial charge in [0.15, 0.2) is 5.78 Å². The van der Waals surface area contributed by atoms with Crippen LogP contribution < -0.4 is 0 Å². The van der Waals surface area contributed by atoms with E-state index in [0.29, 0.717) is 17.7 Å². The average Bonchev–Trinajstić information content (AvgIpc) is 2.40. The summed E-state index contributed by atoms with van der Waals surface area (Å²) in [6.45, 7) is 0. The minimum absolute atomic E-state index is 0.0410. The number of hydrogen-bond donors (Lipinski definition) is 0. The molecule has 0 aliphatic heterocycles. The Morgan fingerprint density at radius 1 is 1.18 bits per heavy atom. The number of aromatic nitrogens is 1. The quantitative estimate of drug-likeness (QED) is 0.749. The number of carbonyl (C=O) groups is 1. The largest absolute Gasteiger partial charge is 0.292 e. The van der Waals surface area contributed by atoms with E-state index in [1.165, 1.54) is 6.20 Å². The minimum Gasteiger partial charge on any atom is -0.292 e. The van der Waals surface area contributed by atoms with Crippen LogP contribution in [-0.4, -0.2) is 10.8 Å². The normalized spacial score (nSPS) is 9.59. The number of ketones is 1. The van der Waals surface area contributed by atoms with Crippen LogP contribution in [-0.2, 0) is 6.42 Å². The highest BCUT2D eigenvalue weighted by Crippen LogP contribution is 2.06. The Morgan fingerprint density at radius 3 is 2.53 bits per heavy atom. The Bertz CT molecular complexity index is 553. The number of Topliss-reactive ketones (excluding diaryl/α,β-unsaturated/α-hetero) is 1. The lowest BCUT2D eigenvalue weighted by Gasteiger charge is -2.00. The molecule has 1 aromatic heterocycles. The highest BCUT2D eigenvalue weighted by Gasteiger charge is 2.07. The van der Waals surface area contributed by atoms with Crippen molar-refractivity contribution in [1.29, 1.82) is 5.26 Å². The summed E-state index contributed by atoms with van der Waals surface area (Å²) < 4.78 is 0. The molecular formula is C14H10N2O. The van der Waals surface area contributed by atoms with Gasteiger partial charge in [0.2, 0.25) is 0 Å². The Morgan fingerprint density at radius 2 is 1.94 bits per heavy atom. The third kappa shape index (κ3) is 2.76. The summed E-state index contributed by atoms with van der Waals surface area (Å²) in [6.07, 6.45) is 1.75. The van der Waals surface area contributed by atoms with Crippen molar-refractivity contribution in [2.45, 2.75) is 6.42 Å². The molecule has 0 aliphatic rings. The van der Waals surface area contributed by atoms with Crippen LogP contribution in [0.15, 0.2) is 48.7 Å². The first kappa shape index (κ1) is 11.0. The standard InChI is InChI=1S/C14H10N2O/c15-9-12-6-7-13(16-10-12)14(17)8-11-4-2-1-3-5-11/h1-7,10H,8H2. The molecule has 3 heteroatoms. The van der Waals surface area contributed by atoms with E-state index >= 15 is 0 Å². The molecule has 0 amide bonds. The maximum atomic E-state index is 11.9. The average molecular weight is 222 g/mol. The van der Waals surface area contributed by atoms with Crippen molar-refractivity contribution in [3.05, 3.63) is 65.5 Å². The first-order valence-corrected chi connectivity index (χ1v) is 5.23. The Balaban J connectivity index is 2.13. The topological polar surface area (TPSA) is 53.8 Å². The molecule has 0 fully saturated rings. The Hall–Kier alpha value is -2.47. The van der Waals surface area contributed by atoms with Crippen molar-refractivity contribution in [3.8, 4) is 6.07 Å². The van der Waals surface area contributed by atoms with Crippen LogP contribution in [0.4, 0.5) is 0 Å². The van der Waals surface area contributed by atoms with Gasteiger partial charge in [0.1, 0.15) is 11.8 Å². The smallest absolute Gasteiger partial charge is 0.185 e. The number of hydrogen-bond acceptors (Lipinski definition) is 3. The fraction of sp³-hybridized carbons (Fsp3) is 0.0714. The van der Waals surface area contributed by atoms with Crippen LogP contribution in [0.1, 0.15) is 21.6 Å². The van der Waals surface area contributed by atoms with Crippen molar-refractivity contribution in [1.82, 2.24) is 4.98 Å². The van der Waals surface area contributed by atoms with E-state index < -0.39 is 0 Å². The number of benzene rings is 1. The van der Waals surface area contributed by atoms with E-state index in [9.17, 15) is 4.79 Å². The molecule has 1 aromatic carbocycles. The molecule has 17 heavy (non-hydrogen) atoms. The molecule has 0 saturated carbocycles. The second kappa shape index (κ2) is 5.04. The van der Waals surface area contributed by atoms with Gasteiger partial charge in [0, 0.05) is 12.6 Å². The van der Waals surface area contributed by atoms with Gasteiger partial charge in [-0.2, -0.15) is 5.26 Å². The monoisotopic (exact) mass is 222 g/mol. The predicted octanol–water partition coefficient (Wildman–Crippen LogP) is 2.38. The molecule has 2 aromatic rings. The summed E-state index contributed by atoms with van der Waals surface area (Å²) in [5.74, 6) is -0.0410. The van der Waals surface area contributed by atoms with Gasteiger partial charge in [0.05, 0.1) is 5.56 Å². The molecule has 2 rings (SSSR count). The van der Waals surface area contributed by atoms with Crippen LogP contribution in [0.5, 0.6) is 0 Å². The van der Waals surface area contributed by atoms with Gasteiger partial charge in [-0.1, -0.05) is 30.3 Å². The first-order valence-electron chi connectivity index (χ1n) is 5.23. The highest BCUT2D eigenvalue weighted by molar-refractivity contribution is 5.95. The SMILES string of the molecule is N#Cc1ccc(C(=O)Cc2ccccc2)nc1. The van der Waals surface area contributed by atoms with Crippen molar-refractivity contribution < 1.29 is 4.79 Å². The van der Waals surface area contributed by atoms with Crippen LogP contribution in [0.3, 0.4) is 0 Å². The molecule has 82 valence electrons. The van der Waals surface area contributed by atoms with E-state index in [-0.39, 0.29) is 5.78 Å². The molecule has 0 bridgehead atoms. The van der Waals surface area contributed by atoms with Gasteiger partial charge in [-0.05, 0) is 17.7 Å². The fourth-order valence-electron chi connectivity index (χ4n) is 1.50. The summed E-state index contributed by atoms with van der Waals surface area (Å²) in [7, 11) is 0. The van der Waals surface area contributed by atoms with E-state index in [0.717, 1.165) is 5.56 Å². The van der Waals surface area contributed by atoms with E-state index in [2.05, 4.69) is 4.98 Å². The lowest BCUT2D eigenvalue weighted by atomic mass is 10.1. The maximum absolute atomic E-state index is 11.9. The molecule has 0 unspecified atom stereocenters. The lowest BCUT2D eigenvalue weighted by Crippen LogP contribution is -2.05. The summed E-state index contributed by atoms with van der Waals surface area (Å²) in [4.78, 5) is 15.8. The maximum Gasteiger partial charge on any atom is 0.185 e. The summed E-state index contributed by atoms with van der Waals surface area (Å²) in [5, 5.41) is 8.63. The molecule has 0 aliphatic carbocycles. The van der Waals surface area contributed by atoms with Crippen LogP contribution >= 0.6 is 0 Å². The Kier molecular flexibility index (Phi) is 3.27. The highest BCUT2D eigenvalue weighted by atomic mass is 16.1. The van der Waals surface area contributed by atoms with Gasteiger partial charge >= 0.3 is 0 Å². The first-order chi connectivity index (χ1) is 8.29.